The van der Waals surface area contributed by atoms with Gasteiger partial charge in [0.05, 0.1) is 17.3 Å². The predicted octanol–water partition coefficient (Wildman–Crippen LogP) is 2.91. The molecule has 7 nitrogen and oxygen atoms in total. The summed E-state index contributed by atoms with van der Waals surface area (Å²) >= 11 is 5.59. The highest BCUT2D eigenvalue weighted by Crippen LogP contribution is 2.28. The quantitative estimate of drug-likeness (QED) is 0.694. The number of hydrogen-bond donors (Lipinski definition) is 1. The van der Waals surface area contributed by atoms with Crippen LogP contribution in [0, 0.1) is 24.0 Å². The van der Waals surface area contributed by atoms with E-state index >= 15 is 0 Å². The first-order valence-corrected chi connectivity index (χ1v) is 6.31. The van der Waals surface area contributed by atoms with Crippen molar-refractivity contribution >= 4 is 28.9 Å². The van der Waals surface area contributed by atoms with Gasteiger partial charge in [-0.2, -0.15) is 0 Å². The van der Waals surface area contributed by atoms with Crippen LogP contribution in [0.4, 0.5) is 11.4 Å². The standard InChI is InChI=1S/C13H11ClN4O3/c1-7-3-9(11(18(20)21)4-8(7)2)17-13(19)10-5-16-12(14)6-15-10/h3-6H,1-2H3,(H,17,19). The van der Waals surface area contributed by atoms with Gasteiger partial charge in [0.2, 0.25) is 0 Å². The molecule has 2 rings (SSSR count). The smallest absolute Gasteiger partial charge is 0.293 e. The van der Waals surface area contributed by atoms with Crippen LogP contribution < -0.4 is 5.32 Å². The Labute approximate surface area is 125 Å². The van der Waals surface area contributed by atoms with E-state index in [1.54, 1.807) is 19.9 Å². The minimum Gasteiger partial charge on any atom is -0.315 e. The van der Waals surface area contributed by atoms with Crippen molar-refractivity contribution in [2.45, 2.75) is 13.8 Å². The minimum absolute atomic E-state index is 0.0203. The van der Waals surface area contributed by atoms with Gasteiger partial charge in [-0.3, -0.25) is 14.9 Å². The lowest BCUT2D eigenvalue weighted by Crippen LogP contribution is -2.15. The summed E-state index contributed by atoms with van der Waals surface area (Å²) in [6.45, 7) is 3.56. The van der Waals surface area contributed by atoms with Crippen LogP contribution in [-0.4, -0.2) is 20.8 Å². The Morgan fingerprint density at radius 3 is 2.48 bits per heavy atom. The number of hydrogen-bond acceptors (Lipinski definition) is 5. The van der Waals surface area contributed by atoms with E-state index in [9.17, 15) is 14.9 Å². The molecule has 1 heterocycles. The zero-order chi connectivity index (χ0) is 15.6. The van der Waals surface area contributed by atoms with Crippen LogP contribution in [0.3, 0.4) is 0 Å². The Morgan fingerprint density at radius 2 is 1.90 bits per heavy atom. The molecule has 0 radical (unpaired) electrons. The van der Waals surface area contributed by atoms with E-state index in [-0.39, 0.29) is 22.2 Å². The first kappa shape index (κ1) is 14.9. The van der Waals surface area contributed by atoms with E-state index in [2.05, 4.69) is 15.3 Å². The van der Waals surface area contributed by atoms with Gasteiger partial charge < -0.3 is 5.32 Å². The van der Waals surface area contributed by atoms with E-state index in [1.165, 1.54) is 18.5 Å². The van der Waals surface area contributed by atoms with Crippen molar-refractivity contribution < 1.29 is 9.72 Å². The number of anilines is 1. The van der Waals surface area contributed by atoms with Gasteiger partial charge in [-0.1, -0.05) is 11.6 Å². The van der Waals surface area contributed by atoms with E-state index < -0.39 is 10.8 Å². The lowest BCUT2D eigenvalue weighted by atomic mass is 10.1. The molecule has 0 saturated carbocycles. The second-order valence-corrected chi connectivity index (χ2v) is 4.78. The van der Waals surface area contributed by atoms with Crippen molar-refractivity contribution in [3.05, 3.63) is 56.6 Å². The molecule has 0 aliphatic carbocycles. The number of aryl methyl sites for hydroxylation is 2. The molecule has 0 aliphatic heterocycles. The molecule has 2 aromatic rings. The van der Waals surface area contributed by atoms with Crippen LogP contribution in [-0.2, 0) is 0 Å². The number of carbonyl (C=O) groups is 1. The number of nitro benzene ring substituents is 1. The molecule has 1 amide bonds. The summed E-state index contributed by atoms with van der Waals surface area (Å²) in [7, 11) is 0. The number of benzene rings is 1. The molecular weight excluding hydrogens is 296 g/mol. The Kier molecular flexibility index (Phi) is 4.13. The molecule has 1 aromatic heterocycles. The van der Waals surface area contributed by atoms with Crippen LogP contribution in [0.1, 0.15) is 21.6 Å². The number of nitrogens with one attached hydrogen (secondary N) is 1. The van der Waals surface area contributed by atoms with Gasteiger partial charge in [-0.15, -0.1) is 0 Å². The van der Waals surface area contributed by atoms with Crippen LogP contribution in [0.15, 0.2) is 24.5 Å². The molecule has 0 atom stereocenters. The van der Waals surface area contributed by atoms with E-state index in [0.29, 0.717) is 0 Å². The fourth-order valence-corrected chi connectivity index (χ4v) is 1.77. The van der Waals surface area contributed by atoms with Crippen LogP contribution in [0.25, 0.3) is 0 Å². The summed E-state index contributed by atoms with van der Waals surface area (Å²) in [6.07, 6.45) is 2.43. The Hall–Kier alpha value is -2.54. The van der Waals surface area contributed by atoms with Gasteiger partial charge in [0.1, 0.15) is 16.5 Å². The third kappa shape index (κ3) is 3.32. The normalized spacial score (nSPS) is 10.2. The van der Waals surface area contributed by atoms with Gasteiger partial charge in [0, 0.05) is 6.07 Å². The molecule has 0 bridgehead atoms. The number of carbonyl (C=O) groups excluding carboxylic acids is 1. The molecule has 0 saturated heterocycles. The van der Waals surface area contributed by atoms with Crippen molar-refractivity contribution in [3.63, 3.8) is 0 Å². The number of rotatable bonds is 3. The number of halogens is 1. The predicted molar refractivity (Wildman–Crippen MR) is 77.6 cm³/mol. The first-order chi connectivity index (χ1) is 9.88. The second kappa shape index (κ2) is 5.84. The largest absolute Gasteiger partial charge is 0.315 e. The van der Waals surface area contributed by atoms with Gasteiger partial charge in [-0.25, -0.2) is 9.97 Å². The molecular formula is C13H11ClN4O3. The average Bonchev–Trinajstić information content (AvgIpc) is 2.43. The Bertz CT molecular complexity index is 716. The summed E-state index contributed by atoms with van der Waals surface area (Å²) < 4.78 is 0. The topological polar surface area (TPSA) is 98.0 Å². The molecule has 1 aromatic carbocycles. The highest BCUT2D eigenvalue weighted by atomic mass is 35.5. The first-order valence-electron chi connectivity index (χ1n) is 5.93. The average molecular weight is 307 g/mol. The number of aromatic nitrogens is 2. The number of amides is 1. The van der Waals surface area contributed by atoms with E-state index in [1.807, 2.05) is 0 Å². The lowest BCUT2D eigenvalue weighted by molar-refractivity contribution is -0.384. The van der Waals surface area contributed by atoms with Gasteiger partial charge in [0.15, 0.2) is 0 Å². The summed E-state index contributed by atoms with van der Waals surface area (Å²) in [5.74, 6) is -0.592. The van der Waals surface area contributed by atoms with Gasteiger partial charge >= 0.3 is 0 Å². The van der Waals surface area contributed by atoms with Crippen molar-refractivity contribution in [3.8, 4) is 0 Å². The molecule has 0 fully saturated rings. The molecule has 0 unspecified atom stereocenters. The number of nitro groups is 1. The minimum atomic E-state index is -0.592. The zero-order valence-electron chi connectivity index (χ0n) is 11.3. The summed E-state index contributed by atoms with van der Waals surface area (Å²) in [4.78, 5) is 30.1. The van der Waals surface area contributed by atoms with E-state index in [0.717, 1.165) is 11.1 Å². The molecule has 0 aliphatic rings. The van der Waals surface area contributed by atoms with Gasteiger partial charge in [-0.05, 0) is 31.0 Å². The van der Waals surface area contributed by atoms with Crippen LogP contribution >= 0.6 is 11.6 Å². The highest BCUT2D eigenvalue weighted by molar-refractivity contribution is 6.29. The Balaban J connectivity index is 2.34. The number of nitrogens with zero attached hydrogens (tertiary/aromatic N) is 3. The van der Waals surface area contributed by atoms with Crippen LogP contribution in [0.5, 0.6) is 0 Å². The second-order valence-electron chi connectivity index (χ2n) is 4.39. The van der Waals surface area contributed by atoms with E-state index in [4.69, 9.17) is 11.6 Å². The maximum Gasteiger partial charge on any atom is 0.293 e. The van der Waals surface area contributed by atoms with Crippen LogP contribution in [0.2, 0.25) is 5.15 Å². The fraction of sp³-hybridized carbons (Fsp3) is 0.154. The molecule has 0 spiro atoms. The molecule has 8 heteroatoms. The SMILES string of the molecule is Cc1cc(NC(=O)c2cnc(Cl)cn2)c([N+](=O)[O-])cc1C. The third-order valence-corrected chi connectivity index (χ3v) is 3.11. The highest BCUT2D eigenvalue weighted by Gasteiger charge is 2.18. The third-order valence-electron chi connectivity index (χ3n) is 2.91. The fourth-order valence-electron chi connectivity index (χ4n) is 1.67. The molecule has 21 heavy (non-hydrogen) atoms. The monoisotopic (exact) mass is 306 g/mol. The summed E-state index contributed by atoms with van der Waals surface area (Å²) in [5, 5.41) is 13.7. The maximum atomic E-state index is 12.0. The molecule has 1 N–H and O–H groups in total. The van der Waals surface area contributed by atoms with Crippen molar-refractivity contribution in [2.75, 3.05) is 5.32 Å². The van der Waals surface area contributed by atoms with Gasteiger partial charge in [0.25, 0.3) is 11.6 Å². The van der Waals surface area contributed by atoms with Crippen molar-refractivity contribution in [2.24, 2.45) is 0 Å². The Morgan fingerprint density at radius 1 is 1.24 bits per heavy atom. The summed E-state index contributed by atoms with van der Waals surface area (Å²) in [6, 6.07) is 2.97. The van der Waals surface area contributed by atoms with Crippen molar-refractivity contribution in [1.29, 1.82) is 0 Å². The summed E-state index contributed by atoms with van der Waals surface area (Å²) in [5.41, 5.74) is 1.56. The molecule has 108 valence electrons. The lowest BCUT2D eigenvalue weighted by Gasteiger charge is -2.08. The van der Waals surface area contributed by atoms with Crippen molar-refractivity contribution in [1.82, 2.24) is 9.97 Å². The maximum absolute atomic E-state index is 12.0. The zero-order valence-corrected chi connectivity index (χ0v) is 12.0.